The van der Waals surface area contributed by atoms with Crippen molar-refractivity contribution in [2.24, 2.45) is 5.73 Å². The molecule has 12 heavy (non-hydrogen) atoms. The minimum Gasteiger partial charge on any atom is -0.330 e. The van der Waals surface area contributed by atoms with Gasteiger partial charge in [-0.15, -0.1) is 0 Å². The fraction of sp³-hybridized carbons (Fsp3) is 0.400. The average Bonchev–Trinajstić information content (AvgIpc) is 2.09. The largest absolute Gasteiger partial charge is 0.330 e. The van der Waals surface area contributed by atoms with E-state index in [2.05, 4.69) is 0 Å². The Bertz CT molecular complexity index is 218. The molecule has 0 aromatic heterocycles. The summed E-state index contributed by atoms with van der Waals surface area (Å²) in [4.78, 5) is 0. The van der Waals surface area contributed by atoms with Crippen LogP contribution in [0.2, 0.25) is 0 Å². The molecule has 1 rings (SSSR count). The summed E-state index contributed by atoms with van der Waals surface area (Å²) in [5.74, 6) is -0.169. The third-order valence-electron chi connectivity index (χ3n) is 1.83. The molecule has 2 heteroatoms. The molecule has 2 N–H and O–H groups in total. The summed E-state index contributed by atoms with van der Waals surface area (Å²) in [6.07, 6.45) is 3.12. The van der Waals surface area contributed by atoms with Crippen LogP contribution in [0.4, 0.5) is 4.39 Å². The third-order valence-corrected chi connectivity index (χ3v) is 1.83. The van der Waals surface area contributed by atoms with Gasteiger partial charge in [0, 0.05) is 0 Å². The van der Waals surface area contributed by atoms with Crippen LogP contribution >= 0.6 is 0 Å². The summed E-state index contributed by atoms with van der Waals surface area (Å²) < 4.78 is 12.5. The van der Waals surface area contributed by atoms with E-state index in [0.29, 0.717) is 0 Å². The molecule has 1 nitrogen and oxygen atoms in total. The van der Waals surface area contributed by atoms with Crippen LogP contribution in [-0.4, -0.2) is 6.54 Å². The Kier molecular flexibility index (Phi) is 3.74. The van der Waals surface area contributed by atoms with Gasteiger partial charge < -0.3 is 5.73 Å². The molecule has 0 amide bonds. The number of benzene rings is 1. The number of unbranched alkanes of at least 4 members (excludes halogenated alkanes) is 1. The van der Waals surface area contributed by atoms with Crippen LogP contribution < -0.4 is 5.73 Å². The van der Waals surface area contributed by atoms with E-state index in [-0.39, 0.29) is 5.82 Å². The lowest BCUT2D eigenvalue weighted by Gasteiger charge is -1.99. The molecule has 0 aliphatic carbocycles. The van der Waals surface area contributed by atoms with E-state index in [4.69, 9.17) is 5.73 Å². The summed E-state index contributed by atoms with van der Waals surface area (Å²) in [6.45, 7) is 0.737. The molecule has 0 spiro atoms. The highest BCUT2D eigenvalue weighted by Crippen LogP contribution is 2.06. The molecule has 0 saturated heterocycles. The second-order valence-corrected chi connectivity index (χ2v) is 2.87. The Hall–Kier alpha value is -0.890. The van der Waals surface area contributed by atoms with Crippen molar-refractivity contribution in [3.05, 3.63) is 35.6 Å². The van der Waals surface area contributed by atoms with Crippen LogP contribution in [0.25, 0.3) is 0 Å². The zero-order valence-corrected chi connectivity index (χ0v) is 7.09. The van der Waals surface area contributed by atoms with E-state index >= 15 is 0 Å². The molecular formula is C10H14FN. The molecular weight excluding hydrogens is 153 g/mol. The maximum absolute atomic E-state index is 12.5. The molecule has 0 aliphatic rings. The molecule has 0 bridgehead atoms. The average molecular weight is 167 g/mol. The molecule has 0 fully saturated rings. The van der Waals surface area contributed by atoms with Gasteiger partial charge >= 0.3 is 0 Å². The monoisotopic (exact) mass is 167 g/mol. The molecule has 0 radical (unpaired) electrons. The first-order valence-corrected chi connectivity index (χ1v) is 4.27. The summed E-state index contributed by atoms with van der Waals surface area (Å²) in [7, 11) is 0. The number of aryl methyl sites for hydroxylation is 1. The van der Waals surface area contributed by atoms with Crippen molar-refractivity contribution in [3.63, 3.8) is 0 Å². The number of nitrogens with two attached hydrogens (primary N) is 1. The van der Waals surface area contributed by atoms with E-state index in [1.54, 1.807) is 0 Å². The first-order valence-electron chi connectivity index (χ1n) is 4.27. The Morgan fingerprint density at radius 1 is 1.08 bits per heavy atom. The lowest BCUT2D eigenvalue weighted by molar-refractivity contribution is 0.626. The van der Waals surface area contributed by atoms with Gasteiger partial charge in [-0.2, -0.15) is 0 Å². The number of hydrogen-bond acceptors (Lipinski definition) is 1. The van der Waals surface area contributed by atoms with Crippen molar-refractivity contribution in [2.45, 2.75) is 19.3 Å². The van der Waals surface area contributed by atoms with Gasteiger partial charge in [-0.3, -0.25) is 0 Å². The predicted octanol–water partition coefficient (Wildman–Crippen LogP) is 2.11. The topological polar surface area (TPSA) is 26.0 Å². The summed E-state index contributed by atoms with van der Waals surface area (Å²) in [5, 5.41) is 0. The quantitative estimate of drug-likeness (QED) is 0.683. The predicted molar refractivity (Wildman–Crippen MR) is 48.4 cm³/mol. The van der Waals surface area contributed by atoms with Crippen LogP contribution in [0.15, 0.2) is 24.3 Å². The van der Waals surface area contributed by atoms with Crippen LogP contribution in [0.1, 0.15) is 18.4 Å². The third kappa shape index (κ3) is 3.01. The summed E-state index contributed by atoms with van der Waals surface area (Å²) in [6, 6.07) is 6.65. The Balaban J connectivity index is 2.37. The molecule has 1 aromatic carbocycles. The van der Waals surface area contributed by atoms with Crippen LogP contribution in [0, 0.1) is 5.82 Å². The van der Waals surface area contributed by atoms with Crippen molar-refractivity contribution >= 4 is 0 Å². The standard InChI is InChI=1S/C10H14FN/c11-10-6-4-9(5-7-10)3-1-2-8-12/h4-7H,1-3,8,12H2. The van der Waals surface area contributed by atoms with Crippen LogP contribution in [-0.2, 0) is 6.42 Å². The fourth-order valence-electron chi connectivity index (χ4n) is 1.12. The first-order chi connectivity index (χ1) is 5.83. The van der Waals surface area contributed by atoms with Gasteiger partial charge in [0.25, 0.3) is 0 Å². The smallest absolute Gasteiger partial charge is 0.123 e. The van der Waals surface area contributed by atoms with Crippen molar-refractivity contribution in [2.75, 3.05) is 6.54 Å². The maximum atomic E-state index is 12.5. The van der Waals surface area contributed by atoms with Gasteiger partial charge in [-0.05, 0) is 43.5 Å². The highest BCUT2D eigenvalue weighted by molar-refractivity contribution is 5.15. The number of rotatable bonds is 4. The SMILES string of the molecule is NCCCCc1ccc(F)cc1. The molecule has 0 atom stereocenters. The van der Waals surface area contributed by atoms with E-state index in [1.807, 2.05) is 12.1 Å². The Morgan fingerprint density at radius 3 is 2.33 bits per heavy atom. The lowest BCUT2D eigenvalue weighted by atomic mass is 10.1. The minimum atomic E-state index is -0.169. The van der Waals surface area contributed by atoms with Crippen molar-refractivity contribution in [3.8, 4) is 0 Å². The van der Waals surface area contributed by atoms with E-state index < -0.39 is 0 Å². The molecule has 0 aliphatic heterocycles. The van der Waals surface area contributed by atoms with Crippen LogP contribution in [0.3, 0.4) is 0 Å². The van der Waals surface area contributed by atoms with E-state index in [1.165, 1.54) is 17.7 Å². The number of halogens is 1. The normalized spacial score (nSPS) is 10.2. The Morgan fingerprint density at radius 2 is 1.75 bits per heavy atom. The molecule has 66 valence electrons. The van der Waals surface area contributed by atoms with Gasteiger partial charge in [-0.1, -0.05) is 12.1 Å². The van der Waals surface area contributed by atoms with Crippen molar-refractivity contribution < 1.29 is 4.39 Å². The minimum absolute atomic E-state index is 0.169. The summed E-state index contributed by atoms with van der Waals surface area (Å²) in [5.41, 5.74) is 6.54. The van der Waals surface area contributed by atoms with Gasteiger partial charge in [0.2, 0.25) is 0 Å². The second kappa shape index (κ2) is 4.88. The van der Waals surface area contributed by atoms with E-state index in [9.17, 15) is 4.39 Å². The molecule has 0 heterocycles. The molecule has 0 unspecified atom stereocenters. The second-order valence-electron chi connectivity index (χ2n) is 2.87. The first kappa shape index (κ1) is 9.20. The van der Waals surface area contributed by atoms with Gasteiger partial charge in [0.1, 0.15) is 5.82 Å². The maximum Gasteiger partial charge on any atom is 0.123 e. The zero-order chi connectivity index (χ0) is 8.81. The fourth-order valence-corrected chi connectivity index (χ4v) is 1.12. The van der Waals surface area contributed by atoms with Gasteiger partial charge in [-0.25, -0.2) is 4.39 Å². The van der Waals surface area contributed by atoms with Crippen molar-refractivity contribution in [1.29, 1.82) is 0 Å². The van der Waals surface area contributed by atoms with Gasteiger partial charge in [0.15, 0.2) is 0 Å². The Labute approximate surface area is 72.4 Å². The zero-order valence-electron chi connectivity index (χ0n) is 7.09. The highest BCUT2D eigenvalue weighted by atomic mass is 19.1. The molecule has 1 aromatic rings. The van der Waals surface area contributed by atoms with Crippen LogP contribution in [0.5, 0.6) is 0 Å². The highest BCUT2D eigenvalue weighted by Gasteiger charge is 1.92. The summed E-state index contributed by atoms with van der Waals surface area (Å²) >= 11 is 0. The lowest BCUT2D eigenvalue weighted by Crippen LogP contribution is -1.98. The van der Waals surface area contributed by atoms with Gasteiger partial charge in [0.05, 0.1) is 0 Å². The molecule has 0 saturated carbocycles. The number of hydrogen-bond donors (Lipinski definition) is 1. The van der Waals surface area contributed by atoms with Crippen molar-refractivity contribution in [1.82, 2.24) is 0 Å². The van der Waals surface area contributed by atoms with E-state index in [0.717, 1.165) is 25.8 Å².